The number of nitrogens with one attached hydrogen (secondary N) is 1. The number of amides is 1. The number of rotatable bonds is 1. The quantitative estimate of drug-likeness (QED) is 0.411. The molecule has 54 valence electrons. The molecule has 0 aliphatic carbocycles. The molecular formula is C6H13NO2. The second kappa shape index (κ2) is 2.82. The average Bonchev–Trinajstić information content (AvgIpc) is 1.62. The van der Waals surface area contributed by atoms with E-state index in [4.69, 9.17) is 5.21 Å². The van der Waals surface area contributed by atoms with Crippen LogP contribution in [0.4, 0.5) is 0 Å². The molecule has 2 N–H and O–H groups in total. The second-order valence-corrected chi connectivity index (χ2v) is 3.27. The van der Waals surface area contributed by atoms with E-state index in [2.05, 4.69) is 0 Å². The summed E-state index contributed by atoms with van der Waals surface area (Å²) in [4.78, 5) is 10.5. The number of carbonyl (C=O) groups is 1. The molecular weight excluding hydrogens is 118 g/mol. The smallest absolute Gasteiger partial charge is 0.243 e. The summed E-state index contributed by atoms with van der Waals surface area (Å²) in [5, 5.41) is 8.10. The van der Waals surface area contributed by atoms with Crippen molar-refractivity contribution in [3.8, 4) is 0 Å². The molecule has 1 amide bonds. The third-order valence-corrected chi connectivity index (χ3v) is 0.816. The Bertz CT molecular complexity index is 104. The normalized spacial score (nSPS) is 11.1. The van der Waals surface area contributed by atoms with Gasteiger partial charge in [-0.05, 0) is 5.41 Å². The van der Waals surface area contributed by atoms with Crippen LogP contribution in [0.2, 0.25) is 0 Å². The highest BCUT2D eigenvalue weighted by atomic mass is 16.5. The van der Waals surface area contributed by atoms with Crippen LogP contribution >= 0.6 is 0 Å². The van der Waals surface area contributed by atoms with E-state index in [1.807, 2.05) is 20.8 Å². The van der Waals surface area contributed by atoms with Gasteiger partial charge < -0.3 is 0 Å². The summed E-state index contributed by atoms with van der Waals surface area (Å²) < 4.78 is 0. The van der Waals surface area contributed by atoms with Crippen LogP contribution < -0.4 is 5.48 Å². The van der Waals surface area contributed by atoms with Crippen LogP contribution in [0, 0.1) is 5.41 Å². The molecule has 0 bridgehead atoms. The van der Waals surface area contributed by atoms with Crippen LogP contribution in [0.3, 0.4) is 0 Å². The predicted octanol–water partition coefficient (Wildman–Crippen LogP) is 0.928. The highest BCUT2D eigenvalue weighted by molar-refractivity contribution is 5.75. The summed E-state index contributed by atoms with van der Waals surface area (Å²) in [7, 11) is 0. The van der Waals surface area contributed by atoms with Crippen molar-refractivity contribution in [3.05, 3.63) is 0 Å². The highest BCUT2D eigenvalue weighted by Crippen LogP contribution is 2.17. The first-order valence-electron chi connectivity index (χ1n) is 2.88. The minimum Gasteiger partial charge on any atom is -0.289 e. The van der Waals surface area contributed by atoms with Gasteiger partial charge >= 0.3 is 0 Å². The summed E-state index contributed by atoms with van der Waals surface area (Å²) in [5.74, 6) is -0.331. The Morgan fingerprint density at radius 2 is 2.00 bits per heavy atom. The third kappa shape index (κ3) is 5.30. The zero-order valence-corrected chi connectivity index (χ0v) is 6.06. The van der Waals surface area contributed by atoms with Crippen molar-refractivity contribution in [2.24, 2.45) is 5.41 Å². The molecule has 0 saturated heterocycles. The lowest BCUT2D eigenvalue weighted by Gasteiger charge is -2.15. The molecule has 3 nitrogen and oxygen atoms in total. The van der Waals surface area contributed by atoms with Gasteiger partial charge in [-0.3, -0.25) is 10.0 Å². The first kappa shape index (κ1) is 8.43. The van der Waals surface area contributed by atoms with Crippen LogP contribution in [0.25, 0.3) is 0 Å². The van der Waals surface area contributed by atoms with Crippen molar-refractivity contribution in [1.82, 2.24) is 5.48 Å². The third-order valence-electron chi connectivity index (χ3n) is 0.816. The minimum atomic E-state index is -0.331. The molecule has 0 heterocycles. The predicted molar refractivity (Wildman–Crippen MR) is 34.0 cm³/mol. The van der Waals surface area contributed by atoms with Crippen molar-refractivity contribution < 1.29 is 10.0 Å². The van der Waals surface area contributed by atoms with Crippen LogP contribution in [0.15, 0.2) is 0 Å². The van der Waals surface area contributed by atoms with Crippen molar-refractivity contribution in [2.45, 2.75) is 27.2 Å². The first-order chi connectivity index (χ1) is 3.95. The number of hydroxylamine groups is 1. The van der Waals surface area contributed by atoms with Gasteiger partial charge in [0.25, 0.3) is 0 Å². The molecule has 3 heteroatoms. The second-order valence-electron chi connectivity index (χ2n) is 3.27. The van der Waals surface area contributed by atoms with Crippen molar-refractivity contribution in [1.29, 1.82) is 0 Å². The molecule has 0 aromatic rings. The number of hydrogen-bond acceptors (Lipinski definition) is 2. The molecule has 0 radical (unpaired) electrons. The molecule has 0 aliphatic heterocycles. The standard InChI is InChI=1S/C6H13NO2/c1-6(2,3)4-5(8)7-9/h9H,4H2,1-3H3,(H,7,8). The van der Waals surface area contributed by atoms with Gasteiger partial charge in [0, 0.05) is 6.42 Å². The van der Waals surface area contributed by atoms with Crippen LogP contribution in [-0.4, -0.2) is 11.1 Å². The molecule has 0 spiro atoms. The zero-order chi connectivity index (χ0) is 7.49. The Labute approximate surface area is 55.0 Å². The lowest BCUT2D eigenvalue weighted by Crippen LogP contribution is -2.24. The number of hydrogen-bond donors (Lipinski definition) is 2. The van der Waals surface area contributed by atoms with Crippen LogP contribution in [0.5, 0.6) is 0 Å². The fourth-order valence-corrected chi connectivity index (χ4v) is 0.521. The topological polar surface area (TPSA) is 49.3 Å². The van der Waals surface area contributed by atoms with Gasteiger partial charge in [0.15, 0.2) is 0 Å². The SMILES string of the molecule is CC(C)(C)CC(=O)NO. The van der Waals surface area contributed by atoms with Crippen molar-refractivity contribution >= 4 is 5.91 Å². The van der Waals surface area contributed by atoms with Gasteiger partial charge in [0.2, 0.25) is 5.91 Å². The Morgan fingerprint density at radius 1 is 1.56 bits per heavy atom. The van der Waals surface area contributed by atoms with Crippen LogP contribution in [-0.2, 0) is 4.79 Å². The molecule has 0 rings (SSSR count). The van der Waals surface area contributed by atoms with E-state index in [0.29, 0.717) is 6.42 Å². The molecule has 0 aromatic carbocycles. The Morgan fingerprint density at radius 3 is 2.11 bits per heavy atom. The molecule has 0 fully saturated rings. The average molecular weight is 131 g/mol. The van der Waals surface area contributed by atoms with Gasteiger partial charge in [-0.2, -0.15) is 0 Å². The minimum absolute atomic E-state index is 0.0488. The van der Waals surface area contributed by atoms with Gasteiger partial charge in [-0.1, -0.05) is 20.8 Å². The first-order valence-corrected chi connectivity index (χ1v) is 2.88. The summed E-state index contributed by atoms with van der Waals surface area (Å²) in [6.45, 7) is 5.80. The molecule has 9 heavy (non-hydrogen) atoms. The summed E-state index contributed by atoms with van der Waals surface area (Å²) in [5.41, 5.74) is 1.53. The maximum atomic E-state index is 10.5. The van der Waals surface area contributed by atoms with Gasteiger partial charge in [-0.25, -0.2) is 5.48 Å². The van der Waals surface area contributed by atoms with Gasteiger partial charge in [0.05, 0.1) is 0 Å². The molecule has 0 unspecified atom stereocenters. The fraction of sp³-hybridized carbons (Fsp3) is 0.833. The monoisotopic (exact) mass is 131 g/mol. The summed E-state index contributed by atoms with van der Waals surface area (Å²) in [6, 6.07) is 0. The van der Waals surface area contributed by atoms with Crippen molar-refractivity contribution in [2.75, 3.05) is 0 Å². The van der Waals surface area contributed by atoms with E-state index in [0.717, 1.165) is 0 Å². The van der Waals surface area contributed by atoms with Crippen molar-refractivity contribution in [3.63, 3.8) is 0 Å². The fourth-order valence-electron chi connectivity index (χ4n) is 0.521. The number of carbonyl (C=O) groups excluding carboxylic acids is 1. The lowest BCUT2D eigenvalue weighted by atomic mass is 9.92. The van der Waals surface area contributed by atoms with E-state index in [1.165, 1.54) is 0 Å². The van der Waals surface area contributed by atoms with E-state index in [9.17, 15) is 4.79 Å². The van der Waals surface area contributed by atoms with Gasteiger partial charge in [-0.15, -0.1) is 0 Å². The largest absolute Gasteiger partial charge is 0.289 e. The zero-order valence-electron chi connectivity index (χ0n) is 6.06. The summed E-state index contributed by atoms with van der Waals surface area (Å²) in [6.07, 6.45) is 0.351. The van der Waals surface area contributed by atoms with Crippen LogP contribution in [0.1, 0.15) is 27.2 Å². The lowest BCUT2D eigenvalue weighted by molar-refractivity contribution is -0.131. The van der Waals surface area contributed by atoms with E-state index < -0.39 is 0 Å². The van der Waals surface area contributed by atoms with E-state index in [-0.39, 0.29) is 11.3 Å². The molecule has 0 aliphatic rings. The molecule has 0 atom stereocenters. The molecule has 0 saturated carbocycles. The maximum absolute atomic E-state index is 10.5. The van der Waals surface area contributed by atoms with E-state index in [1.54, 1.807) is 5.48 Å². The Balaban J connectivity index is 3.60. The summed E-state index contributed by atoms with van der Waals surface area (Å²) >= 11 is 0. The highest BCUT2D eigenvalue weighted by Gasteiger charge is 2.14. The van der Waals surface area contributed by atoms with Gasteiger partial charge in [0.1, 0.15) is 0 Å². The Kier molecular flexibility index (Phi) is 2.65. The van der Waals surface area contributed by atoms with E-state index >= 15 is 0 Å². The molecule has 0 aromatic heterocycles. The Hall–Kier alpha value is -0.570. The maximum Gasteiger partial charge on any atom is 0.243 e.